The summed E-state index contributed by atoms with van der Waals surface area (Å²) in [6.45, 7) is 2.88. The zero-order valence-corrected chi connectivity index (χ0v) is 8.21. The highest BCUT2D eigenvalue weighted by Crippen LogP contribution is 2.21. The van der Waals surface area contributed by atoms with E-state index in [2.05, 4.69) is 12.2 Å². The van der Waals surface area contributed by atoms with Gasteiger partial charge in [-0.3, -0.25) is 5.32 Å². The maximum absolute atomic E-state index is 5.79. The van der Waals surface area contributed by atoms with Crippen molar-refractivity contribution in [1.82, 2.24) is 5.32 Å². The minimum absolute atomic E-state index is 0.0345. The lowest BCUT2D eigenvalue weighted by Gasteiger charge is -2.10. The second-order valence-corrected chi connectivity index (χ2v) is 3.77. The molecular formula is C10H12ClNO. The van der Waals surface area contributed by atoms with Crippen LogP contribution in [0.1, 0.15) is 18.7 Å². The number of ether oxygens (including phenoxy) is 1. The SMILES string of the molecule is C[C@@H]1CO[C@@H](c2ccc(Cl)cc2)N1. The van der Waals surface area contributed by atoms with Crippen molar-refractivity contribution in [3.8, 4) is 0 Å². The maximum atomic E-state index is 5.79. The molecule has 0 radical (unpaired) electrons. The van der Waals surface area contributed by atoms with E-state index in [0.717, 1.165) is 17.2 Å². The summed E-state index contributed by atoms with van der Waals surface area (Å²) < 4.78 is 5.54. The summed E-state index contributed by atoms with van der Waals surface area (Å²) in [4.78, 5) is 0. The highest BCUT2D eigenvalue weighted by atomic mass is 35.5. The summed E-state index contributed by atoms with van der Waals surface area (Å²) in [5.74, 6) is 0. The van der Waals surface area contributed by atoms with Crippen molar-refractivity contribution >= 4 is 11.6 Å². The van der Waals surface area contributed by atoms with Crippen LogP contribution in [0.3, 0.4) is 0 Å². The van der Waals surface area contributed by atoms with Crippen molar-refractivity contribution in [2.24, 2.45) is 0 Å². The number of hydrogen-bond acceptors (Lipinski definition) is 2. The molecule has 0 amide bonds. The number of halogens is 1. The van der Waals surface area contributed by atoms with Gasteiger partial charge >= 0.3 is 0 Å². The van der Waals surface area contributed by atoms with E-state index in [1.165, 1.54) is 0 Å². The average molecular weight is 198 g/mol. The van der Waals surface area contributed by atoms with Crippen LogP contribution in [0, 0.1) is 0 Å². The Hall–Kier alpha value is -0.570. The molecule has 2 atom stereocenters. The van der Waals surface area contributed by atoms with Crippen molar-refractivity contribution in [3.05, 3.63) is 34.9 Å². The first-order chi connectivity index (χ1) is 6.25. The van der Waals surface area contributed by atoms with Gasteiger partial charge in [0.25, 0.3) is 0 Å². The van der Waals surface area contributed by atoms with E-state index in [1.807, 2.05) is 24.3 Å². The lowest BCUT2D eigenvalue weighted by Crippen LogP contribution is -2.22. The van der Waals surface area contributed by atoms with Gasteiger partial charge in [-0.05, 0) is 24.6 Å². The molecule has 1 aliphatic heterocycles. The van der Waals surface area contributed by atoms with Gasteiger partial charge in [-0.25, -0.2) is 0 Å². The Morgan fingerprint density at radius 3 is 2.62 bits per heavy atom. The van der Waals surface area contributed by atoms with Gasteiger partial charge in [0.05, 0.1) is 6.61 Å². The molecule has 1 saturated heterocycles. The monoisotopic (exact) mass is 197 g/mol. The van der Waals surface area contributed by atoms with Crippen LogP contribution in [-0.4, -0.2) is 12.6 Å². The van der Waals surface area contributed by atoms with Crippen molar-refractivity contribution in [2.45, 2.75) is 19.2 Å². The quantitative estimate of drug-likeness (QED) is 0.746. The van der Waals surface area contributed by atoms with Crippen molar-refractivity contribution < 1.29 is 4.74 Å². The minimum Gasteiger partial charge on any atom is -0.357 e. The molecule has 13 heavy (non-hydrogen) atoms. The van der Waals surface area contributed by atoms with E-state index in [-0.39, 0.29) is 6.23 Å². The Morgan fingerprint density at radius 2 is 2.08 bits per heavy atom. The van der Waals surface area contributed by atoms with Crippen LogP contribution >= 0.6 is 11.6 Å². The van der Waals surface area contributed by atoms with Crippen LogP contribution in [0.25, 0.3) is 0 Å². The highest BCUT2D eigenvalue weighted by molar-refractivity contribution is 6.30. The van der Waals surface area contributed by atoms with E-state index in [0.29, 0.717) is 6.04 Å². The van der Waals surface area contributed by atoms with Crippen molar-refractivity contribution in [3.63, 3.8) is 0 Å². The molecule has 0 spiro atoms. The molecule has 0 unspecified atom stereocenters. The molecule has 2 nitrogen and oxygen atoms in total. The Bertz CT molecular complexity index is 285. The topological polar surface area (TPSA) is 21.3 Å². The zero-order valence-electron chi connectivity index (χ0n) is 7.46. The summed E-state index contributed by atoms with van der Waals surface area (Å²) >= 11 is 5.79. The molecule has 1 fully saturated rings. The predicted octanol–water partition coefficient (Wildman–Crippen LogP) is 2.35. The first-order valence-corrected chi connectivity index (χ1v) is 4.76. The fourth-order valence-corrected chi connectivity index (χ4v) is 1.55. The van der Waals surface area contributed by atoms with E-state index in [9.17, 15) is 0 Å². The van der Waals surface area contributed by atoms with Gasteiger partial charge < -0.3 is 4.74 Å². The van der Waals surface area contributed by atoms with Gasteiger partial charge in [0.2, 0.25) is 0 Å². The van der Waals surface area contributed by atoms with Crippen LogP contribution in [0.4, 0.5) is 0 Å². The fraction of sp³-hybridized carbons (Fsp3) is 0.400. The van der Waals surface area contributed by atoms with Crippen LogP contribution in [0.2, 0.25) is 5.02 Å². The Labute approximate surface area is 82.9 Å². The molecule has 3 heteroatoms. The summed E-state index contributed by atoms with van der Waals surface area (Å²) in [6, 6.07) is 8.16. The Kier molecular flexibility index (Phi) is 2.54. The van der Waals surface area contributed by atoms with Gasteiger partial charge in [0, 0.05) is 11.1 Å². The number of nitrogens with one attached hydrogen (secondary N) is 1. The highest BCUT2D eigenvalue weighted by Gasteiger charge is 2.21. The van der Waals surface area contributed by atoms with Crippen LogP contribution in [0.5, 0.6) is 0 Å². The zero-order chi connectivity index (χ0) is 9.26. The second kappa shape index (κ2) is 3.66. The smallest absolute Gasteiger partial charge is 0.134 e. The maximum Gasteiger partial charge on any atom is 0.134 e. The molecular weight excluding hydrogens is 186 g/mol. The van der Waals surface area contributed by atoms with E-state index >= 15 is 0 Å². The first kappa shape index (κ1) is 9.00. The minimum atomic E-state index is 0.0345. The first-order valence-electron chi connectivity index (χ1n) is 4.39. The molecule has 0 bridgehead atoms. The van der Waals surface area contributed by atoms with Gasteiger partial charge in [-0.2, -0.15) is 0 Å². The van der Waals surface area contributed by atoms with Gasteiger partial charge in [-0.15, -0.1) is 0 Å². The van der Waals surface area contributed by atoms with Crippen molar-refractivity contribution in [2.75, 3.05) is 6.61 Å². The van der Waals surface area contributed by atoms with E-state index < -0.39 is 0 Å². The molecule has 0 aliphatic carbocycles. The molecule has 70 valence electrons. The van der Waals surface area contributed by atoms with Gasteiger partial charge in [-0.1, -0.05) is 23.7 Å². The second-order valence-electron chi connectivity index (χ2n) is 3.33. The molecule has 0 aromatic heterocycles. The third-order valence-electron chi connectivity index (χ3n) is 2.12. The van der Waals surface area contributed by atoms with Gasteiger partial charge in [0.1, 0.15) is 6.23 Å². The number of hydrogen-bond donors (Lipinski definition) is 1. The lowest BCUT2D eigenvalue weighted by atomic mass is 10.2. The average Bonchev–Trinajstić information content (AvgIpc) is 2.53. The Balaban J connectivity index is 2.13. The summed E-state index contributed by atoms with van der Waals surface area (Å²) in [6.07, 6.45) is 0.0345. The molecule has 1 aliphatic rings. The fourth-order valence-electron chi connectivity index (χ4n) is 1.43. The number of benzene rings is 1. The summed E-state index contributed by atoms with van der Waals surface area (Å²) in [5.41, 5.74) is 1.13. The summed E-state index contributed by atoms with van der Waals surface area (Å²) in [5, 5.41) is 4.08. The predicted molar refractivity (Wildman–Crippen MR) is 52.7 cm³/mol. The lowest BCUT2D eigenvalue weighted by molar-refractivity contribution is 0.101. The van der Waals surface area contributed by atoms with Crippen LogP contribution in [-0.2, 0) is 4.74 Å². The molecule has 1 heterocycles. The molecule has 1 N–H and O–H groups in total. The molecule has 0 saturated carbocycles. The van der Waals surface area contributed by atoms with E-state index in [4.69, 9.17) is 16.3 Å². The van der Waals surface area contributed by atoms with Crippen molar-refractivity contribution in [1.29, 1.82) is 0 Å². The van der Waals surface area contributed by atoms with Crippen LogP contribution < -0.4 is 5.32 Å². The third kappa shape index (κ3) is 2.02. The molecule has 1 aromatic carbocycles. The van der Waals surface area contributed by atoms with Crippen LogP contribution in [0.15, 0.2) is 24.3 Å². The largest absolute Gasteiger partial charge is 0.357 e. The third-order valence-corrected chi connectivity index (χ3v) is 2.37. The normalized spacial score (nSPS) is 27.8. The van der Waals surface area contributed by atoms with E-state index in [1.54, 1.807) is 0 Å². The van der Waals surface area contributed by atoms with Gasteiger partial charge in [0.15, 0.2) is 0 Å². The molecule has 2 rings (SSSR count). The number of rotatable bonds is 1. The standard InChI is InChI=1S/C10H12ClNO/c1-7-6-13-10(12-7)8-2-4-9(11)5-3-8/h2-5,7,10,12H,6H2,1H3/t7-,10+/m1/s1. The summed E-state index contributed by atoms with van der Waals surface area (Å²) in [7, 11) is 0. The Morgan fingerprint density at radius 1 is 1.38 bits per heavy atom. The molecule has 1 aromatic rings.